The van der Waals surface area contributed by atoms with Crippen molar-refractivity contribution in [3.8, 4) is 0 Å². The minimum Gasteiger partial charge on any atom is -0.478 e. The van der Waals surface area contributed by atoms with Crippen LogP contribution in [-0.4, -0.2) is 29.1 Å². The Morgan fingerprint density at radius 3 is 3.05 bits per heavy atom. The van der Waals surface area contributed by atoms with Gasteiger partial charge in [-0.3, -0.25) is 4.90 Å². The van der Waals surface area contributed by atoms with Gasteiger partial charge in [0, 0.05) is 23.5 Å². The lowest BCUT2D eigenvalue weighted by atomic mass is 9.86. The van der Waals surface area contributed by atoms with Crippen molar-refractivity contribution in [1.29, 1.82) is 0 Å². The summed E-state index contributed by atoms with van der Waals surface area (Å²) in [5.74, 6) is -0.0559. The Hall–Kier alpha value is -1.13. The van der Waals surface area contributed by atoms with Crippen LogP contribution in [0.5, 0.6) is 0 Å². The number of carboxylic acids is 1. The molecule has 1 heterocycles. The van der Waals surface area contributed by atoms with E-state index < -0.39 is 5.97 Å². The second-order valence-electron chi connectivity index (χ2n) is 5.86. The molecule has 1 aliphatic rings. The first kappa shape index (κ1) is 15.3. The molecule has 0 aliphatic heterocycles. The molecule has 4 heteroatoms. The van der Waals surface area contributed by atoms with Crippen molar-refractivity contribution in [2.45, 2.75) is 45.2 Å². The summed E-state index contributed by atoms with van der Waals surface area (Å²) >= 11 is 1.71. The van der Waals surface area contributed by atoms with Gasteiger partial charge in [-0.05, 0) is 48.9 Å². The number of aliphatic carboxylic acids is 1. The van der Waals surface area contributed by atoms with E-state index in [1.165, 1.54) is 36.6 Å². The van der Waals surface area contributed by atoms with E-state index in [1.54, 1.807) is 17.4 Å². The molecule has 1 aromatic heterocycles. The van der Waals surface area contributed by atoms with Gasteiger partial charge in [0.2, 0.25) is 0 Å². The molecule has 1 N–H and O–H groups in total. The fraction of sp³-hybridized carbons (Fsp3) is 0.562. The number of carboxylic acid groups (broad SMARTS) is 1. The van der Waals surface area contributed by atoms with Gasteiger partial charge in [0.15, 0.2) is 0 Å². The summed E-state index contributed by atoms with van der Waals surface area (Å²) < 4.78 is 0. The molecule has 0 aromatic carbocycles. The van der Waals surface area contributed by atoms with Crippen LogP contribution in [0.2, 0.25) is 0 Å². The summed E-state index contributed by atoms with van der Waals surface area (Å²) in [5.41, 5.74) is 0.984. The van der Waals surface area contributed by atoms with Crippen molar-refractivity contribution in [1.82, 2.24) is 4.90 Å². The molecule has 1 aliphatic carbocycles. The molecule has 2 rings (SSSR count). The lowest BCUT2D eigenvalue weighted by molar-refractivity contribution is -0.131. The Morgan fingerprint density at radius 1 is 1.55 bits per heavy atom. The number of hydrogen-bond acceptors (Lipinski definition) is 3. The molecule has 1 saturated carbocycles. The maximum absolute atomic E-state index is 10.5. The highest BCUT2D eigenvalue weighted by molar-refractivity contribution is 7.10. The zero-order chi connectivity index (χ0) is 14.5. The molecule has 0 amide bonds. The normalized spacial score (nSPS) is 23.6. The average molecular weight is 293 g/mol. The monoisotopic (exact) mass is 293 g/mol. The molecular formula is C16H23NO2S. The summed E-state index contributed by atoms with van der Waals surface area (Å²) in [6.45, 7) is 3.31. The highest BCUT2D eigenvalue weighted by Gasteiger charge is 2.22. The third-order valence-corrected chi connectivity index (χ3v) is 4.97. The van der Waals surface area contributed by atoms with Crippen molar-refractivity contribution in [3.05, 3.63) is 28.0 Å². The van der Waals surface area contributed by atoms with Crippen LogP contribution in [0.4, 0.5) is 0 Å². The maximum Gasteiger partial charge on any atom is 0.328 e. The third-order valence-electron chi connectivity index (χ3n) is 4.03. The predicted octanol–water partition coefficient (Wildman–Crippen LogP) is 3.86. The second-order valence-corrected chi connectivity index (χ2v) is 6.85. The lowest BCUT2D eigenvalue weighted by Gasteiger charge is -2.33. The number of carbonyl (C=O) groups is 1. The first-order chi connectivity index (χ1) is 9.54. The van der Waals surface area contributed by atoms with Crippen molar-refractivity contribution in [2.75, 3.05) is 7.05 Å². The van der Waals surface area contributed by atoms with Gasteiger partial charge in [-0.2, -0.15) is 0 Å². The summed E-state index contributed by atoms with van der Waals surface area (Å²) in [6, 6.07) is 2.78. The molecule has 3 nitrogen and oxygen atoms in total. The van der Waals surface area contributed by atoms with Gasteiger partial charge >= 0.3 is 5.97 Å². The number of hydrogen-bond donors (Lipinski definition) is 1. The van der Waals surface area contributed by atoms with Gasteiger partial charge in [0.25, 0.3) is 0 Å². The van der Waals surface area contributed by atoms with Crippen LogP contribution in [0.15, 0.2) is 17.5 Å². The SMILES string of the molecule is CC1CCCC(N(C)Cc2cc(C=CC(=O)O)cs2)C1. The first-order valence-electron chi connectivity index (χ1n) is 7.23. The minimum absolute atomic E-state index is 0.693. The third kappa shape index (κ3) is 4.46. The Labute approximate surface area is 124 Å². The molecule has 0 saturated heterocycles. The summed E-state index contributed by atoms with van der Waals surface area (Å²) in [4.78, 5) is 14.3. The zero-order valence-electron chi connectivity index (χ0n) is 12.2. The van der Waals surface area contributed by atoms with E-state index in [2.05, 4.69) is 24.9 Å². The molecule has 0 bridgehead atoms. The lowest BCUT2D eigenvalue weighted by Crippen LogP contribution is -2.34. The second kappa shape index (κ2) is 7.04. The average Bonchev–Trinajstić information content (AvgIpc) is 2.84. The molecule has 2 atom stereocenters. The number of thiophene rings is 1. The van der Waals surface area contributed by atoms with Gasteiger partial charge in [-0.25, -0.2) is 4.79 Å². The van der Waals surface area contributed by atoms with E-state index in [-0.39, 0.29) is 0 Å². The zero-order valence-corrected chi connectivity index (χ0v) is 13.0. The fourth-order valence-electron chi connectivity index (χ4n) is 2.91. The fourth-order valence-corrected chi connectivity index (χ4v) is 3.83. The molecule has 2 unspecified atom stereocenters. The number of nitrogens with zero attached hydrogens (tertiary/aromatic N) is 1. The molecule has 0 radical (unpaired) electrons. The topological polar surface area (TPSA) is 40.5 Å². The van der Waals surface area contributed by atoms with Crippen molar-refractivity contribution in [2.24, 2.45) is 5.92 Å². The smallest absolute Gasteiger partial charge is 0.328 e. The van der Waals surface area contributed by atoms with Crippen LogP contribution in [0.25, 0.3) is 6.08 Å². The van der Waals surface area contributed by atoms with E-state index in [0.717, 1.165) is 18.0 Å². The van der Waals surface area contributed by atoms with Crippen molar-refractivity contribution >= 4 is 23.4 Å². The van der Waals surface area contributed by atoms with Crippen LogP contribution in [0, 0.1) is 5.92 Å². The summed E-state index contributed by atoms with van der Waals surface area (Å²) in [6.07, 6.45) is 8.16. The highest BCUT2D eigenvalue weighted by Crippen LogP contribution is 2.28. The molecule has 1 fully saturated rings. The van der Waals surface area contributed by atoms with Crippen LogP contribution in [-0.2, 0) is 11.3 Å². The van der Waals surface area contributed by atoms with Crippen LogP contribution >= 0.6 is 11.3 Å². The van der Waals surface area contributed by atoms with Crippen LogP contribution in [0.3, 0.4) is 0 Å². The van der Waals surface area contributed by atoms with Crippen molar-refractivity contribution in [3.63, 3.8) is 0 Å². The molecule has 0 spiro atoms. The van der Waals surface area contributed by atoms with E-state index in [4.69, 9.17) is 5.11 Å². The molecule has 110 valence electrons. The first-order valence-corrected chi connectivity index (χ1v) is 8.11. The largest absolute Gasteiger partial charge is 0.478 e. The Kier molecular flexibility index (Phi) is 5.38. The molecule has 1 aromatic rings. The summed E-state index contributed by atoms with van der Waals surface area (Å²) in [5, 5.41) is 10.7. The Balaban J connectivity index is 1.91. The standard InChI is InChI=1S/C16H23NO2S/c1-12-4-3-5-14(8-12)17(2)10-15-9-13(11-20-15)6-7-16(18)19/h6-7,9,11-12,14H,3-5,8,10H2,1-2H3,(H,18,19). The quantitative estimate of drug-likeness (QED) is 0.838. The minimum atomic E-state index is -0.897. The number of rotatable bonds is 5. The van der Waals surface area contributed by atoms with Gasteiger partial charge in [0.1, 0.15) is 0 Å². The van der Waals surface area contributed by atoms with Gasteiger partial charge in [-0.15, -0.1) is 11.3 Å². The van der Waals surface area contributed by atoms with Gasteiger partial charge < -0.3 is 5.11 Å². The Bertz CT molecular complexity index is 481. The van der Waals surface area contributed by atoms with Crippen LogP contribution < -0.4 is 0 Å². The van der Waals surface area contributed by atoms with Gasteiger partial charge in [0.05, 0.1) is 0 Å². The van der Waals surface area contributed by atoms with Crippen LogP contribution in [0.1, 0.15) is 43.0 Å². The highest BCUT2D eigenvalue weighted by atomic mass is 32.1. The van der Waals surface area contributed by atoms with E-state index in [0.29, 0.717) is 6.04 Å². The maximum atomic E-state index is 10.5. The van der Waals surface area contributed by atoms with E-state index in [1.807, 2.05) is 5.38 Å². The Morgan fingerprint density at radius 2 is 2.35 bits per heavy atom. The molecule has 20 heavy (non-hydrogen) atoms. The molecular weight excluding hydrogens is 270 g/mol. The van der Waals surface area contributed by atoms with Crippen molar-refractivity contribution < 1.29 is 9.90 Å². The summed E-state index contributed by atoms with van der Waals surface area (Å²) in [7, 11) is 2.20. The van der Waals surface area contributed by atoms with E-state index in [9.17, 15) is 4.79 Å². The van der Waals surface area contributed by atoms with Gasteiger partial charge in [-0.1, -0.05) is 19.8 Å². The van der Waals surface area contributed by atoms with E-state index >= 15 is 0 Å². The predicted molar refractivity (Wildman–Crippen MR) is 83.9 cm³/mol.